The van der Waals surface area contributed by atoms with Crippen molar-refractivity contribution in [2.75, 3.05) is 18.5 Å². The summed E-state index contributed by atoms with van der Waals surface area (Å²) in [6, 6.07) is 6.83. The van der Waals surface area contributed by atoms with Crippen molar-refractivity contribution in [3.8, 4) is 5.75 Å². The summed E-state index contributed by atoms with van der Waals surface area (Å²) in [5.41, 5.74) is 1.21. The molecule has 0 saturated heterocycles. The molecule has 1 aromatic carbocycles. The van der Waals surface area contributed by atoms with Gasteiger partial charge in [-0.1, -0.05) is 0 Å². The third-order valence-electron chi connectivity index (χ3n) is 3.45. The van der Waals surface area contributed by atoms with Crippen molar-refractivity contribution < 1.29 is 28.6 Å². The lowest BCUT2D eigenvalue weighted by molar-refractivity contribution is -0.136. The highest BCUT2D eigenvalue weighted by atomic mass is 16.5. The second-order valence-corrected chi connectivity index (χ2v) is 5.48. The maximum atomic E-state index is 12.2. The van der Waals surface area contributed by atoms with E-state index in [1.807, 2.05) is 6.92 Å². The van der Waals surface area contributed by atoms with Crippen LogP contribution in [0, 0.1) is 6.92 Å². The van der Waals surface area contributed by atoms with Gasteiger partial charge in [0.2, 0.25) is 5.91 Å². The van der Waals surface area contributed by atoms with Crippen molar-refractivity contribution >= 4 is 23.5 Å². The zero-order valence-corrected chi connectivity index (χ0v) is 14.5. The van der Waals surface area contributed by atoms with E-state index in [9.17, 15) is 14.4 Å². The van der Waals surface area contributed by atoms with Crippen LogP contribution in [0.4, 0.5) is 5.69 Å². The highest BCUT2D eigenvalue weighted by molar-refractivity contribution is 6.01. The summed E-state index contributed by atoms with van der Waals surface area (Å²) in [4.78, 5) is 35.0. The van der Waals surface area contributed by atoms with E-state index in [0.29, 0.717) is 23.6 Å². The molecule has 0 unspecified atom stereocenters. The third kappa shape index (κ3) is 5.10. The Hall–Kier alpha value is -3.29. The minimum atomic E-state index is -1.11. The number of aliphatic carboxylic acids is 1. The Morgan fingerprint density at radius 3 is 2.50 bits per heavy atom. The van der Waals surface area contributed by atoms with Gasteiger partial charge in [-0.25, -0.2) is 0 Å². The van der Waals surface area contributed by atoms with Crippen LogP contribution < -0.4 is 15.4 Å². The fourth-order valence-electron chi connectivity index (χ4n) is 2.33. The largest absolute Gasteiger partial charge is 0.494 e. The number of carbonyl (C=O) groups is 3. The molecule has 8 heteroatoms. The average molecular weight is 360 g/mol. The lowest BCUT2D eigenvalue weighted by Gasteiger charge is -2.08. The summed E-state index contributed by atoms with van der Waals surface area (Å²) >= 11 is 0. The van der Waals surface area contributed by atoms with Crippen LogP contribution >= 0.6 is 0 Å². The van der Waals surface area contributed by atoms with Crippen molar-refractivity contribution in [1.82, 2.24) is 5.32 Å². The van der Waals surface area contributed by atoms with E-state index in [2.05, 4.69) is 10.6 Å². The number of hydrogen-bond acceptors (Lipinski definition) is 5. The molecular weight excluding hydrogens is 340 g/mol. The summed E-state index contributed by atoms with van der Waals surface area (Å²) in [7, 11) is 0. The maximum absolute atomic E-state index is 12.2. The summed E-state index contributed by atoms with van der Waals surface area (Å²) < 4.78 is 10.4. The topological polar surface area (TPSA) is 118 Å². The lowest BCUT2D eigenvalue weighted by atomic mass is 10.1. The summed E-state index contributed by atoms with van der Waals surface area (Å²) in [5.74, 6) is -1.33. The van der Waals surface area contributed by atoms with E-state index in [4.69, 9.17) is 14.3 Å². The molecule has 1 heterocycles. The van der Waals surface area contributed by atoms with Gasteiger partial charge in [-0.15, -0.1) is 0 Å². The first kappa shape index (κ1) is 19.0. The van der Waals surface area contributed by atoms with Gasteiger partial charge in [-0.2, -0.15) is 0 Å². The summed E-state index contributed by atoms with van der Waals surface area (Å²) in [6.07, 6.45) is 0.905. The molecule has 0 aliphatic heterocycles. The molecule has 3 N–H and O–H groups in total. The van der Waals surface area contributed by atoms with Crippen molar-refractivity contribution in [3.05, 3.63) is 47.4 Å². The second kappa shape index (κ2) is 8.70. The molecule has 0 spiro atoms. The SMILES string of the molecule is CCOc1ccc(NC(=O)CNC(=O)c2c(C)coc2CC(=O)O)cc1. The molecule has 0 aliphatic rings. The molecule has 138 valence electrons. The smallest absolute Gasteiger partial charge is 0.311 e. The van der Waals surface area contributed by atoms with Crippen LogP contribution in [0.25, 0.3) is 0 Å². The molecule has 1 aromatic heterocycles. The van der Waals surface area contributed by atoms with E-state index in [0.717, 1.165) is 0 Å². The standard InChI is InChI=1S/C18H20N2O6/c1-3-25-13-6-4-12(5-7-13)20-15(21)9-19-18(24)17-11(2)10-26-14(17)8-16(22)23/h4-7,10H,3,8-9H2,1-2H3,(H,19,24)(H,20,21)(H,22,23). The minimum Gasteiger partial charge on any atom is -0.494 e. The molecule has 0 atom stereocenters. The first-order valence-electron chi connectivity index (χ1n) is 8.00. The van der Waals surface area contributed by atoms with Crippen LogP contribution in [0.1, 0.15) is 28.6 Å². The van der Waals surface area contributed by atoms with Crippen LogP contribution in [0.15, 0.2) is 34.9 Å². The van der Waals surface area contributed by atoms with E-state index < -0.39 is 24.2 Å². The molecule has 2 aromatic rings. The number of carbonyl (C=O) groups excluding carboxylic acids is 2. The molecule has 0 fully saturated rings. The Balaban J connectivity index is 1.92. The number of anilines is 1. The quantitative estimate of drug-likeness (QED) is 0.662. The normalized spacial score (nSPS) is 10.2. The van der Waals surface area contributed by atoms with Crippen molar-refractivity contribution in [1.29, 1.82) is 0 Å². The number of carboxylic acids is 1. The maximum Gasteiger partial charge on any atom is 0.311 e. The van der Waals surface area contributed by atoms with Gasteiger partial charge in [0.1, 0.15) is 17.9 Å². The molecule has 2 amide bonds. The van der Waals surface area contributed by atoms with E-state index >= 15 is 0 Å². The van der Waals surface area contributed by atoms with Crippen molar-refractivity contribution in [2.24, 2.45) is 0 Å². The number of amides is 2. The Morgan fingerprint density at radius 1 is 1.19 bits per heavy atom. The zero-order valence-electron chi connectivity index (χ0n) is 14.5. The van der Waals surface area contributed by atoms with Crippen LogP contribution in [0.2, 0.25) is 0 Å². The number of rotatable bonds is 8. The Bertz CT molecular complexity index is 795. The van der Waals surface area contributed by atoms with Crippen LogP contribution in [-0.4, -0.2) is 36.0 Å². The van der Waals surface area contributed by atoms with Crippen LogP contribution in [0.3, 0.4) is 0 Å². The highest BCUT2D eigenvalue weighted by Crippen LogP contribution is 2.17. The predicted molar refractivity (Wildman–Crippen MR) is 93.4 cm³/mol. The van der Waals surface area contributed by atoms with Gasteiger partial charge in [0.15, 0.2) is 0 Å². The second-order valence-electron chi connectivity index (χ2n) is 5.48. The molecular formula is C18H20N2O6. The molecule has 0 bridgehead atoms. The molecule has 26 heavy (non-hydrogen) atoms. The third-order valence-corrected chi connectivity index (χ3v) is 3.45. The first-order chi connectivity index (χ1) is 12.4. The number of benzene rings is 1. The van der Waals surface area contributed by atoms with Gasteiger partial charge < -0.3 is 24.9 Å². The number of ether oxygens (including phenoxy) is 1. The Morgan fingerprint density at radius 2 is 1.88 bits per heavy atom. The average Bonchev–Trinajstić information content (AvgIpc) is 2.94. The van der Waals surface area contributed by atoms with Crippen LogP contribution in [-0.2, 0) is 16.0 Å². The van der Waals surface area contributed by atoms with Crippen molar-refractivity contribution in [3.63, 3.8) is 0 Å². The van der Waals surface area contributed by atoms with Crippen molar-refractivity contribution in [2.45, 2.75) is 20.3 Å². The first-order valence-corrected chi connectivity index (χ1v) is 8.00. The predicted octanol–water partition coefficient (Wildman–Crippen LogP) is 1.98. The number of hydrogen-bond donors (Lipinski definition) is 3. The number of furan rings is 1. The Labute approximate surface area is 150 Å². The molecule has 0 saturated carbocycles. The van der Waals surface area contributed by atoms with E-state index in [1.54, 1.807) is 31.2 Å². The minimum absolute atomic E-state index is 0.0550. The zero-order chi connectivity index (χ0) is 19.1. The Kier molecular flexibility index (Phi) is 6.37. The molecule has 8 nitrogen and oxygen atoms in total. The van der Waals surface area contributed by atoms with Gasteiger partial charge in [0.25, 0.3) is 5.91 Å². The molecule has 0 radical (unpaired) electrons. The monoisotopic (exact) mass is 360 g/mol. The van der Waals surface area contributed by atoms with Gasteiger partial charge >= 0.3 is 5.97 Å². The highest BCUT2D eigenvalue weighted by Gasteiger charge is 2.20. The number of aryl methyl sites for hydroxylation is 1. The fraction of sp³-hybridized carbons (Fsp3) is 0.278. The van der Waals surface area contributed by atoms with E-state index in [-0.39, 0.29) is 17.9 Å². The summed E-state index contributed by atoms with van der Waals surface area (Å²) in [6.45, 7) is 3.80. The van der Waals surface area contributed by atoms with Gasteiger partial charge in [0.05, 0.1) is 25.0 Å². The molecule has 0 aliphatic carbocycles. The van der Waals surface area contributed by atoms with Gasteiger partial charge in [0, 0.05) is 11.3 Å². The van der Waals surface area contributed by atoms with E-state index in [1.165, 1.54) is 6.26 Å². The van der Waals surface area contributed by atoms with Gasteiger partial charge in [-0.05, 0) is 38.1 Å². The molecule has 2 rings (SSSR count). The van der Waals surface area contributed by atoms with Gasteiger partial charge in [-0.3, -0.25) is 14.4 Å². The summed E-state index contributed by atoms with van der Waals surface area (Å²) in [5, 5.41) is 14.0. The van der Waals surface area contributed by atoms with Crippen LogP contribution in [0.5, 0.6) is 5.75 Å². The number of nitrogens with one attached hydrogen (secondary N) is 2. The fourth-order valence-corrected chi connectivity index (χ4v) is 2.33. The number of carboxylic acid groups (broad SMARTS) is 1. The lowest BCUT2D eigenvalue weighted by Crippen LogP contribution is -2.33.